The molecule has 0 aliphatic carbocycles. The maximum Gasteiger partial charge on any atom is 0.331 e. The van der Waals surface area contributed by atoms with Gasteiger partial charge in [-0.2, -0.15) is 5.10 Å². The first kappa shape index (κ1) is 19.1. The number of anilines is 1. The summed E-state index contributed by atoms with van der Waals surface area (Å²) >= 11 is 0. The van der Waals surface area contributed by atoms with Crippen molar-refractivity contribution in [2.24, 2.45) is 0 Å². The van der Waals surface area contributed by atoms with Crippen molar-refractivity contribution in [2.45, 2.75) is 45.6 Å². The summed E-state index contributed by atoms with van der Waals surface area (Å²) in [6, 6.07) is 10.7. The summed E-state index contributed by atoms with van der Waals surface area (Å²) in [5, 5.41) is 4.45. The molecule has 0 amide bonds. The minimum Gasteiger partial charge on any atom is -0.464 e. The van der Waals surface area contributed by atoms with E-state index in [2.05, 4.69) is 22.1 Å². The van der Waals surface area contributed by atoms with E-state index in [1.165, 1.54) is 35.7 Å². The minimum atomic E-state index is -0.704. The van der Waals surface area contributed by atoms with Gasteiger partial charge in [0.2, 0.25) is 0 Å². The Morgan fingerprint density at radius 3 is 2.41 bits per heavy atom. The fourth-order valence-corrected chi connectivity index (χ4v) is 3.48. The Hall–Kier alpha value is -2.63. The Bertz CT molecular complexity index is 823. The lowest BCUT2D eigenvalue weighted by Crippen LogP contribution is -2.32. The second-order valence-corrected chi connectivity index (χ2v) is 6.77. The zero-order valence-electron chi connectivity index (χ0n) is 16.1. The van der Waals surface area contributed by atoms with Crippen molar-refractivity contribution in [1.29, 1.82) is 0 Å². The van der Waals surface area contributed by atoms with E-state index in [0.717, 1.165) is 18.7 Å². The van der Waals surface area contributed by atoms with Crippen molar-refractivity contribution < 1.29 is 9.53 Å². The molecule has 0 N–H and O–H groups in total. The molecule has 0 unspecified atom stereocenters. The second kappa shape index (κ2) is 8.84. The summed E-state index contributed by atoms with van der Waals surface area (Å²) in [5.74, 6) is -0.424. The molecule has 0 bridgehead atoms. The molecule has 1 aromatic carbocycles. The normalized spacial score (nSPS) is 15.4. The third kappa shape index (κ3) is 4.38. The molecule has 27 heavy (non-hydrogen) atoms. The van der Waals surface area contributed by atoms with Gasteiger partial charge in [0.05, 0.1) is 12.3 Å². The molecule has 1 aliphatic heterocycles. The first-order valence-corrected chi connectivity index (χ1v) is 9.76. The monoisotopic (exact) mass is 369 g/mol. The van der Waals surface area contributed by atoms with Crippen LogP contribution in [0.3, 0.4) is 0 Å². The van der Waals surface area contributed by atoms with Crippen LogP contribution in [0.1, 0.15) is 45.6 Å². The highest BCUT2D eigenvalue weighted by molar-refractivity contribution is 5.74. The van der Waals surface area contributed by atoms with Crippen LogP contribution in [-0.2, 0) is 9.53 Å². The number of benzene rings is 1. The third-order valence-corrected chi connectivity index (χ3v) is 4.95. The highest BCUT2D eigenvalue weighted by Crippen LogP contribution is 2.24. The van der Waals surface area contributed by atoms with E-state index in [0.29, 0.717) is 12.1 Å². The van der Waals surface area contributed by atoms with Crippen LogP contribution in [0.4, 0.5) is 5.69 Å². The van der Waals surface area contributed by atoms with Gasteiger partial charge < -0.3 is 9.64 Å². The Morgan fingerprint density at radius 1 is 1.07 bits per heavy atom. The first-order valence-electron chi connectivity index (χ1n) is 9.76. The number of carbonyl (C=O) groups excluding carboxylic acids is 1. The fourth-order valence-electron chi connectivity index (χ4n) is 3.48. The summed E-state index contributed by atoms with van der Waals surface area (Å²) in [6.07, 6.45) is 4.23. The van der Waals surface area contributed by atoms with Gasteiger partial charge in [0.15, 0.2) is 6.04 Å². The SMILES string of the molecule is CCOC(=O)[C@H](CC)n1nc(-c2ccc(N3CCCCC3)cc2)ccc1=O. The number of nitrogens with zero attached hydrogens (tertiary/aromatic N) is 3. The zero-order chi connectivity index (χ0) is 19.2. The van der Waals surface area contributed by atoms with Gasteiger partial charge in [-0.15, -0.1) is 0 Å². The van der Waals surface area contributed by atoms with Crippen molar-refractivity contribution in [3.8, 4) is 11.3 Å². The van der Waals surface area contributed by atoms with Crippen molar-refractivity contribution in [3.63, 3.8) is 0 Å². The van der Waals surface area contributed by atoms with Gasteiger partial charge in [-0.3, -0.25) is 4.79 Å². The van der Waals surface area contributed by atoms with Crippen LogP contribution in [0.2, 0.25) is 0 Å². The second-order valence-electron chi connectivity index (χ2n) is 6.77. The molecule has 6 nitrogen and oxygen atoms in total. The van der Waals surface area contributed by atoms with Crippen LogP contribution in [0.25, 0.3) is 11.3 Å². The largest absolute Gasteiger partial charge is 0.464 e. The Labute approximate surface area is 159 Å². The summed E-state index contributed by atoms with van der Waals surface area (Å²) in [4.78, 5) is 26.8. The molecule has 1 aromatic heterocycles. The van der Waals surface area contributed by atoms with Gasteiger partial charge in [-0.05, 0) is 50.8 Å². The Kier molecular flexibility index (Phi) is 6.27. The Balaban J connectivity index is 1.86. The number of rotatable bonds is 6. The van der Waals surface area contributed by atoms with Crippen molar-refractivity contribution in [1.82, 2.24) is 9.78 Å². The van der Waals surface area contributed by atoms with Crippen LogP contribution in [0.5, 0.6) is 0 Å². The lowest BCUT2D eigenvalue weighted by Gasteiger charge is -2.28. The maximum absolute atomic E-state index is 12.3. The Morgan fingerprint density at radius 2 is 1.78 bits per heavy atom. The van der Waals surface area contributed by atoms with E-state index in [4.69, 9.17) is 4.74 Å². The average Bonchev–Trinajstić information content (AvgIpc) is 2.71. The number of ether oxygens (including phenoxy) is 1. The van der Waals surface area contributed by atoms with Gasteiger partial charge >= 0.3 is 5.97 Å². The standard InChI is InChI=1S/C21H27N3O3/c1-3-19(21(26)27-4-2)24-20(25)13-12-18(22-24)16-8-10-17(11-9-16)23-14-6-5-7-15-23/h8-13,19H,3-7,14-15H2,1-2H3/t19-/m0/s1. The lowest BCUT2D eigenvalue weighted by molar-refractivity contribution is -0.147. The molecule has 3 rings (SSSR count). The molecule has 0 spiro atoms. The molecule has 1 saturated heterocycles. The predicted molar refractivity (Wildman–Crippen MR) is 106 cm³/mol. The zero-order valence-corrected chi connectivity index (χ0v) is 16.1. The van der Waals surface area contributed by atoms with Gasteiger partial charge in [-0.1, -0.05) is 19.1 Å². The van der Waals surface area contributed by atoms with E-state index < -0.39 is 12.0 Å². The highest BCUT2D eigenvalue weighted by atomic mass is 16.5. The molecule has 6 heteroatoms. The number of aromatic nitrogens is 2. The van der Waals surface area contributed by atoms with Crippen LogP contribution < -0.4 is 10.5 Å². The number of carbonyl (C=O) groups is 1. The van der Waals surface area contributed by atoms with Crippen molar-refractivity contribution >= 4 is 11.7 Å². The van der Waals surface area contributed by atoms with Crippen molar-refractivity contribution in [2.75, 3.05) is 24.6 Å². The van der Waals surface area contributed by atoms with E-state index in [1.807, 2.05) is 19.1 Å². The molecule has 1 atom stereocenters. The van der Waals surface area contributed by atoms with Crippen LogP contribution in [-0.4, -0.2) is 35.4 Å². The molecule has 1 aliphatic rings. The third-order valence-electron chi connectivity index (χ3n) is 4.95. The number of piperidine rings is 1. The molecule has 2 heterocycles. The van der Waals surface area contributed by atoms with Crippen LogP contribution >= 0.6 is 0 Å². The number of hydrogen-bond acceptors (Lipinski definition) is 5. The van der Waals surface area contributed by atoms with Crippen molar-refractivity contribution in [3.05, 3.63) is 46.8 Å². The highest BCUT2D eigenvalue weighted by Gasteiger charge is 2.22. The minimum absolute atomic E-state index is 0.280. The maximum atomic E-state index is 12.3. The molecule has 144 valence electrons. The number of esters is 1. The van der Waals surface area contributed by atoms with Crippen LogP contribution in [0.15, 0.2) is 41.2 Å². The van der Waals surface area contributed by atoms with E-state index >= 15 is 0 Å². The fraction of sp³-hybridized carbons (Fsp3) is 0.476. The average molecular weight is 369 g/mol. The molecular weight excluding hydrogens is 342 g/mol. The molecule has 2 aromatic rings. The number of hydrogen-bond donors (Lipinski definition) is 0. The van der Waals surface area contributed by atoms with Gasteiger partial charge in [0, 0.05) is 30.4 Å². The summed E-state index contributed by atoms with van der Waals surface area (Å²) in [5.41, 5.74) is 2.50. The smallest absolute Gasteiger partial charge is 0.331 e. The van der Waals surface area contributed by atoms with E-state index in [-0.39, 0.29) is 12.2 Å². The van der Waals surface area contributed by atoms with Crippen LogP contribution in [0, 0.1) is 0 Å². The van der Waals surface area contributed by atoms with Gasteiger partial charge in [-0.25, -0.2) is 9.48 Å². The lowest BCUT2D eigenvalue weighted by atomic mass is 10.1. The molecule has 0 radical (unpaired) electrons. The topological polar surface area (TPSA) is 64.4 Å². The van der Waals surface area contributed by atoms with Gasteiger partial charge in [0.1, 0.15) is 0 Å². The van der Waals surface area contributed by atoms with E-state index in [9.17, 15) is 9.59 Å². The first-order chi connectivity index (χ1) is 13.1. The molecular formula is C21H27N3O3. The molecule has 0 saturated carbocycles. The molecule has 1 fully saturated rings. The quantitative estimate of drug-likeness (QED) is 0.730. The van der Waals surface area contributed by atoms with E-state index in [1.54, 1.807) is 13.0 Å². The van der Waals surface area contributed by atoms with Gasteiger partial charge in [0.25, 0.3) is 5.56 Å². The summed E-state index contributed by atoms with van der Waals surface area (Å²) in [7, 11) is 0. The summed E-state index contributed by atoms with van der Waals surface area (Å²) < 4.78 is 6.33. The predicted octanol–water partition coefficient (Wildman–Crippen LogP) is 3.41. The summed E-state index contributed by atoms with van der Waals surface area (Å²) in [6.45, 7) is 6.07.